The molecule has 2 aromatic rings. The highest BCUT2D eigenvalue weighted by molar-refractivity contribution is 5.98. The van der Waals surface area contributed by atoms with E-state index in [4.69, 9.17) is 4.74 Å². The first kappa shape index (κ1) is 19.3. The van der Waals surface area contributed by atoms with Gasteiger partial charge < -0.3 is 20.3 Å². The molecule has 2 heterocycles. The van der Waals surface area contributed by atoms with E-state index in [2.05, 4.69) is 15.5 Å². The average molecular weight is 375 g/mol. The van der Waals surface area contributed by atoms with Crippen LogP contribution in [0.5, 0.6) is 0 Å². The summed E-state index contributed by atoms with van der Waals surface area (Å²) in [6, 6.07) is 3.66. The number of ether oxygens (including phenoxy) is 1. The van der Waals surface area contributed by atoms with E-state index < -0.39 is 0 Å². The van der Waals surface area contributed by atoms with E-state index in [1.54, 1.807) is 23.2 Å². The fraction of sp³-hybridized carbons (Fsp3) is 0.579. The van der Waals surface area contributed by atoms with Crippen molar-refractivity contribution in [1.82, 2.24) is 14.5 Å². The summed E-state index contributed by atoms with van der Waals surface area (Å²) in [5.41, 5.74) is 3.29. The minimum atomic E-state index is -0.243. The SMILES string of the molecule is CCOCCCNC(=O)Nc1cc2c(cc1N1CCCC1)n(C)c(=O)n2C. The van der Waals surface area contributed by atoms with Gasteiger partial charge in [-0.25, -0.2) is 9.59 Å². The van der Waals surface area contributed by atoms with Gasteiger partial charge >= 0.3 is 11.7 Å². The van der Waals surface area contributed by atoms with E-state index in [1.807, 2.05) is 19.1 Å². The highest BCUT2D eigenvalue weighted by atomic mass is 16.5. The number of nitrogens with one attached hydrogen (secondary N) is 2. The van der Waals surface area contributed by atoms with Gasteiger partial charge in [0, 0.05) is 46.9 Å². The predicted octanol–water partition coefficient (Wildman–Crippen LogP) is 2.03. The lowest BCUT2D eigenvalue weighted by Gasteiger charge is -2.22. The zero-order valence-electron chi connectivity index (χ0n) is 16.4. The standard InChI is InChI=1S/C19H29N5O3/c1-4-27-11-7-8-20-18(25)21-14-12-16-17(23(3)19(26)22(16)2)13-15(14)24-9-5-6-10-24/h12-13H,4-11H2,1-3H3,(H2,20,21,25). The number of nitrogens with zero attached hydrogens (tertiary/aromatic N) is 3. The number of rotatable bonds is 7. The Labute approximate surface area is 159 Å². The normalized spacial score (nSPS) is 14.1. The van der Waals surface area contributed by atoms with Gasteiger partial charge in [-0.05, 0) is 38.3 Å². The average Bonchev–Trinajstić information content (AvgIpc) is 3.26. The van der Waals surface area contributed by atoms with Crippen molar-refractivity contribution in [3.05, 3.63) is 22.6 Å². The highest BCUT2D eigenvalue weighted by Gasteiger charge is 2.20. The molecule has 148 valence electrons. The summed E-state index contributed by atoms with van der Waals surface area (Å²) in [6.07, 6.45) is 3.04. The van der Waals surface area contributed by atoms with Crippen LogP contribution in [0.4, 0.5) is 16.2 Å². The van der Waals surface area contributed by atoms with E-state index in [9.17, 15) is 9.59 Å². The molecule has 0 atom stereocenters. The van der Waals surface area contributed by atoms with Crippen molar-refractivity contribution in [3.8, 4) is 0 Å². The van der Waals surface area contributed by atoms with Crippen LogP contribution in [0.1, 0.15) is 26.2 Å². The minimum Gasteiger partial charge on any atom is -0.382 e. The second-order valence-corrected chi connectivity index (χ2v) is 6.88. The molecule has 3 rings (SSSR count). The third-order valence-corrected chi connectivity index (χ3v) is 5.04. The molecule has 0 bridgehead atoms. The Morgan fingerprint density at radius 3 is 2.48 bits per heavy atom. The molecule has 8 nitrogen and oxygen atoms in total. The summed E-state index contributed by atoms with van der Waals surface area (Å²) in [5.74, 6) is 0. The molecule has 0 radical (unpaired) electrons. The third-order valence-electron chi connectivity index (χ3n) is 5.04. The maximum absolute atomic E-state index is 12.4. The fourth-order valence-electron chi connectivity index (χ4n) is 3.54. The topological polar surface area (TPSA) is 80.5 Å². The molecule has 0 saturated carbocycles. The molecule has 1 saturated heterocycles. The summed E-state index contributed by atoms with van der Waals surface area (Å²) in [4.78, 5) is 26.9. The van der Waals surface area contributed by atoms with Crippen LogP contribution in [0.15, 0.2) is 16.9 Å². The van der Waals surface area contributed by atoms with E-state index in [-0.39, 0.29) is 11.7 Å². The van der Waals surface area contributed by atoms with Crippen molar-refractivity contribution >= 4 is 28.4 Å². The van der Waals surface area contributed by atoms with Gasteiger partial charge in [0.2, 0.25) is 0 Å². The van der Waals surface area contributed by atoms with Crippen LogP contribution in [0.25, 0.3) is 11.0 Å². The van der Waals surface area contributed by atoms with Crippen molar-refractivity contribution < 1.29 is 9.53 Å². The molecular formula is C19H29N5O3. The van der Waals surface area contributed by atoms with Crippen molar-refractivity contribution in [2.24, 2.45) is 14.1 Å². The number of carbonyl (C=O) groups is 1. The molecule has 1 aromatic carbocycles. The minimum absolute atomic E-state index is 0.0742. The molecular weight excluding hydrogens is 346 g/mol. The smallest absolute Gasteiger partial charge is 0.328 e. The molecule has 1 aliphatic heterocycles. The predicted molar refractivity (Wildman–Crippen MR) is 108 cm³/mol. The largest absolute Gasteiger partial charge is 0.382 e. The quantitative estimate of drug-likeness (QED) is 0.726. The Bertz CT molecular complexity index is 864. The van der Waals surface area contributed by atoms with Crippen molar-refractivity contribution in [3.63, 3.8) is 0 Å². The van der Waals surface area contributed by atoms with E-state index in [0.717, 1.165) is 54.8 Å². The Hall–Kier alpha value is -2.48. The zero-order chi connectivity index (χ0) is 19.4. The van der Waals surface area contributed by atoms with Crippen LogP contribution in [0.3, 0.4) is 0 Å². The van der Waals surface area contributed by atoms with Crippen molar-refractivity contribution in [2.75, 3.05) is 43.1 Å². The van der Waals surface area contributed by atoms with Crippen molar-refractivity contribution in [1.29, 1.82) is 0 Å². The number of hydrogen-bond acceptors (Lipinski definition) is 4. The maximum Gasteiger partial charge on any atom is 0.328 e. The number of carbonyl (C=O) groups excluding carboxylic acids is 1. The van der Waals surface area contributed by atoms with Crippen LogP contribution in [-0.2, 0) is 18.8 Å². The summed E-state index contributed by atoms with van der Waals surface area (Å²) >= 11 is 0. The Morgan fingerprint density at radius 1 is 1.15 bits per heavy atom. The third kappa shape index (κ3) is 4.10. The van der Waals surface area contributed by atoms with Gasteiger partial charge in [-0.15, -0.1) is 0 Å². The molecule has 0 aliphatic carbocycles. The molecule has 1 aromatic heterocycles. The second-order valence-electron chi connectivity index (χ2n) is 6.88. The van der Waals surface area contributed by atoms with Gasteiger partial charge in [0.15, 0.2) is 0 Å². The van der Waals surface area contributed by atoms with E-state index in [0.29, 0.717) is 19.8 Å². The number of benzene rings is 1. The van der Waals surface area contributed by atoms with E-state index in [1.165, 1.54) is 0 Å². The summed E-state index contributed by atoms with van der Waals surface area (Å²) in [7, 11) is 3.52. The number of aromatic nitrogens is 2. The van der Waals surface area contributed by atoms with Crippen LogP contribution >= 0.6 is 0 Å². The number of aryl methyl sites for hydroxylation is 2. The van der Waals surface area contributed by atoms with Crippen LogP contribution < -0.4 is 21.2 Å². The van der Waals surface area contributed by atoms with Gasteiger partial charge in [0.25, 0.3) is 0 Å². The Kier molecular flexibility index (Phi) is 6.05. The maximum atomic E-state index is 12.4. The number of imidazole rings is 1. The summed E-state index contributed by atoms with van der Waals surface area (Å²) in [6.45, 7) is 5.73. The molecule has 8 heteroatoms. The Balaban J connectivity index is 1.83. The molecule has 1 fully saturated rings. The zero-order valence-corrected chi connectivity index (χ0v) is 16.4. The molecule has 1 aliphatic rings. The van der Waals surface area contributed by atoms with E-state index >= 15 is 0 Å². The fourth-order valence-corrected chi connectivity index (χ4v) is 3.54. The van der Waals surface area contributed by atoms with Crippen LogP contribution in [0.2, 0.25) is 0 Å². The number of hydrogen-bond donors (Lipinski definition) is 2. The first-order valence-corrected chi connectivity index (χ1v) is 9.60. The Morgan fingerprint density at radius 2 is 1.81 bits per heavy atom. The summed E-state index contributed by atoms with van der Waals surface area (Å²) < 4.78 is 8.53. The number of fused-ring (bicyclic) bond motifs is 1. The lowest BCUT2D eigenvalue weighted by atomic mass is 10.2. The lowest BCUT2D eigenvalue weighted by molar-refractivity contribution is 0.145. The first-order valence-electron chi connectivity index (χ1n) is 9.60. The van der Waals surface area contributed by atoms with Crippen LogP contribution in [-0.4, -0.2) is 48.0 Å². The first-order chi connectivity index (χ1) is 13.0. The van der Waals surface area contributed by atoms with Gasteiger partial charge in [0.1, 0.15) is 0 Å². The van der Waals surface area contributed by atoms with Gasteiger partial charge in [-0.1, -0.05) is 0 Å². The molecule has 0 unspecified atom stereocenters. The van der Waals surface area contributed by atoms with Crippen molar-refractivity contribution in [2.45, 2.75) is 26.2 Å². The number of anilines is 2. The lowest BCUT2D eigenvalue weighted by Crippen LogP contribution is -2.31. The number of amides is 2. The number of urea groups is 1. The molecule has 2 N–H and O–H groups in total. The van der Waals surface area contributed by atoms with Crippen LogP contribution in [0, 0.1) is 0 Å². The molecule has 27 heavy (non-hydrogen) atoms. The molecule has 0 spiro atoms. The summed E-state index contributed by atoms with van der Waals surface area (Å²) in [5, 5.41) is 5.83. The highest BCUT2D eigenvalue weighted by Crippen LogP contribution is 2.33. The van der Waals surface area contributed by atoms with Gasteiger partial charge in [-0.3, -0.25) is 9.13 Å². The second kappa shape index (κ2) is 8.47. The van der Waals surface area contributed by atoms with Gasteiger partial charge in [-0.2, -0.15) is 0 Å². The van der Waals surface area contributed by atoms with Gasteiger partial charge in [0.05, 0.1) is 22.4 Å². The monoisotopic (exact) mass is 375 g/mol. The molecule has 2 amide bonds.